The Morgan fingerprint density at radius 1 is 1.58 bits per heavy atom. The molecule has 1 aromatic heterocycles. The predicted molar refractivity (Wildman–Crippen MR) is 76.7 cm³/mol. The van der Waals surface area contributed by atoms with Crippen LogP contribution in [0.2, 0.25) is 0 Å². The summed E-state index contributed by atoms with van der Waals surface area (Å²) in [5.41, 5.74) is 0.582. The first-order valence-electron chi connectivity index (χ1n) is 5.25. The summed E-state index contributed by atoms with van der Waals surface area (Å²) in [4.78, 5) is 12.0. The largest absolute Gasteiger partial charge is 0.507 e. The number of phenolic OH excluding ortho intramolecular Hbond substituents is 1. The summed E-state index contributed by atoms with van der Waals surface area (Å²) in [6, 6.07) is 6.53. The van der Waals surface area contributed by atoms with Crippen LogP contribution < -0.4 is 5.32 Å². The second kappa shape index (κ2) is 5.27. The third kappa shape index (κ3) is 2.85. The van der Waals surface area contributed by atoms with Gasteiger partial charge in [0.2, 0.25) is 0 Å². The number of anilines is 1. The molecule has 1 aromatic carbocycles. The van der Waals surface area contributed by atoms with E-state index in [0.717, 1.165) is 0 Å². The summed E-state index contributed by atoms with van der Waals surface area (Å²) in [6.45, 7) is 0. The van der Waals surface area contributed by atoms with E-state index >= 15 is 0 Å². The topological polar surface area (TPSA) is 90.9 Å². The van der Waals surface area contributed by atoms with Gasteiger partial charge in [-0.25, -0.2) is 0 Å². The molecular weight excluding hydrogens is 359 g/mol. The maximum absolute atomic E-state index is 12.0. The summed E-state index contributed by atoms with van der Waals surface area (Å²) in [7, 11) is 1.66. The molecule has 0 bridgehead atoms. The third-order valence-electron chi connectivity index (χ3n) is 2.39. The van der Waals surface area contributed by atoms with Crippen molar-refractivity contribution >= 4 is 34.3 Å². The molecule has 0 aliphatic heterocycles. The van der Waals surface area contributed by atoms with E-state index in [2.05, 4.69) is 10.4 Å². The van der Waals surface area contributed by atoms with Gasteiger partial charge in [-0.1, -0.05) is 0 Å². The molecule has 0 unspecified atom stereocenters. The molecule has 7 heteroatoms. The average molecular weight is 368 g/mol. The van der Waals surface area contributed by atoms with Gasteiger partial charge in [0.05, 0.1) is 3.57 Å². The van der Waals surface area contributed by atoms with E-state index in [1.807, 2.05) is 28.7 Å². The van der Waals surface area contributed by atoms with E-state index in [1.54, 1.807) is 19.2 Å². The number of hydrogen-bond acceptors (Lipinski definition) is 4. The van der Waals surface area contributed by atoms with Crippen LogP contribution in [0, 0.1) is 14.9 Å². The molecule has 0 saturated heterocycles. The fourth-order valence-corrected chi connectivity index (χ4v) is 1.83. The van der Waals surface area contributed by atoms with Gasteiger partial charge in [0.25, 0.3) is 5.91 Å². The van der Waals surface area contributed by atoms with Crippen LogP contribution in [0.25, 0.3) is 0 Å². The minimum atomic E-state index is -0.429. The molecule has 1 heterocycles. The monoisotopic (exact) mass is 368 g/mol. The Balaban J connectivity index is 2.26. The van der Waals surface area contributed by atoms with Crippen molar-refractivity contribution in [3.8, 4) is 11.8 Å². The van der Waals surface area contributed by atoms with E-state index in [0.29, 0.717) is 9.13 Å². The van der Waals surface area contributed by atoms with Crippen LogP contribution in [-0.2, 0) is 7.05 Å². The second-order valence-corrected chi connectivity index (χ2v) is 4.96. The first-order valence-corrected chi connectivity index (χ1v) is 6.32. The normalized spacial score (nSPS) is 9.95. The Morgan fingerprint density at radius 3 is 2.95 bits per heavy atom. The SMILES string of the molecule is Cn1cc(C#N)c(NC(=O)c2ccc(I)c(O)c2)n1. The molecule has 0 aliphatic carbocycles. The summed E-state index contributed by atoms with van der Waals surface area (Å²) in [5, 5.41) is 25.0. The third-order valence-corrected chi connectivity index (χ3v) is 3.30. The number of amides is 1. The summed E-state index contributed by atoms with van der Waals surface area (Å²) in [6.07, 6.45) is 1.51. The van der Waals surface area contributed by atoms with Crippen molar-refractivity contribution in [1.29, 1.82) is 5.26 Å². The Hall–Kier alpha value is -2.08. The number of halogens is 1. The molecule has 0 saturated carbocycles. The number of phenols is 1. The summed E-state index contributed by atoms with van der Waals surface area (Å²) in [5.74, 6) is -0.190. The maximum atomic E-state index is 12.0. The lowest BCUT2D eigenvalue weighted by Gasteiger charge is -2.04. The highest BCUT2D eigenvalue weighted by molar-refractivity contribution is 14.1. The highest BCUT2D eigenvalue weighted by Crippen LogP contribution is 2.21. The van der Waals surface area contributed by atoms with Gasteiger partial charge < -0.3 is 10.4 Å². The highest BCUT2D eigenvalue weighted by atomic mass is 127. The number of aromatic nitrogens is 2. The fraction of sp³-hybridized carbons (Fsp3) is 0.0833. The van der Waals surface area contributed by atoms with E-state index in [4.69, 9.17) is 5.26 Å². The zero-order valence-corrected chi connectivity index (χ0v) is 12.0. The summed E-state index contributed by atoms with van der Waals surface area (Å²) >= 11 is 1.96. The first-order chi connectivity index (χ1) is 9.01. The molecule has 0 fully saturated rings. The number of rotatable bonds is 2. The smallest absolute Gasteiger partial charge is 0.257 e. The number of carbonyl (C=O) groups excluding carboxylic acids is 1. The van der Waals surface area contributed by atoms with Crippen molar-refractivity contribution in [2.75, 3.05) is 5.32 Å². The number of benzene rings is 1. The lowest BCUT2D eigenvalue weighted by Crippen LogP contribution is -2.13. The van der Waals surface area contributed by atoms with Crippen molar-refractivity contribution in [1.82, 2.24) is 9.78 Å². The Bertz CT molecular complexity index is 688. The molecule has 2 N–H and O–H groups in total. The van der Waals surface area contributed by atoms with Crippen LogP contribution in [0.1, 0.15) is 15.9 Å². The quantitative estimate of drug-likeness (QED) is 0.792. The van der Waals surface area contributed by atoms with Gasteiger partial charge in [-0.3, -0.25) is 9.48 Å². The van der Waals surface area contributed by atoms with Gasteiger partial charge in [-0.2, -0.15) is 10.4 Å². The zero-order valence-electron chi connectivity index (χ0n) is 9.88. The molecule has 0 radical (unpaired) electrons. The van der Waals surface area contributed by atoms with Crippen LogP contribution in [0.3, 0.4) is 0 Å². The van der Waals surface area contributed by atoms with Gasteiger partial charge >= 0.3 is 0 Å². The molecule has 2 rings (SSSR count). The number of carbonyl (C=O) groups is 1. The van der Waals surface area contributed by atoms with Crippen molar-refractivity contribution < 1.29 is 9.90 Å². The van der Waals surface area contributed by atoms with Gasteiger partial charge in [0.15, 0.2) is 5.82 Å². The van der Waals surface area contributed by atoms with E-state index in [-0.39, 0.29) is 17.1 Å². The molecule has 1 amide bonds. The number of nitriles is 1. The van der Waals surface area contributed by atoms with Crippen LogP contribution in [-0.4, -0.2) is 20.8 Å². The standard InChI is InChI=1S/C12H9IN4O2/c1-17-6-8(5-14)11(16-17)15-12(19)7-2-3-9(13)10(18)4-7/h2-4,6,18H,1H3,(H,15,16,19). The van der Waals surface area contributed by atoms with Crippen LogP contribution in [0.5, 0.6) is 5.75 Å². The van der Waals surface area contributed by atoms with Crippen molar-refractivity contribution in [2.24, 2.45) is 7.05 Å². The van der Waals surface area contributed by atoms with Gasteiger partial charge in [0, 0.05) is 18.8 Å². The minimum absolute atomic E-state index is 0.0368. The molecule has 96 valence electrons. The van der Waals surface area contributed by atoms with Crippen molar-refractivity contribution in [2.45, 2.75) is 0 Å². The number of aromatic hydroxyl groups is 1. The Morgan fingerprint density at radius 2 is 2.32 bits per heavy atom. The molecule has 0 aliphatic rings. The Labute approximate surface area is 122 Å². The van der Waals surface area contributed by atoms with Crippen LogP contribution >= 0.6 is 22.6 Å². The first kappa shape index (κ1) is 13.4. The number of nitrogens with zero attached hydrogens (tertiary/aromatic N) is 3. The van der Waals surface area contributed by atoms with Gasteiger partial charge in [0.1, 0.15) is 17.4 Å². The summed E-state index contributed by atoms with van der Waals surface area (Å²) < 4.78 is 2.10. The Kier molecular flexibility index (Phi) is 3.71. The molecule has 6 nitrogen and oxygen atoms in total. The molecule has 2 aromatic rings. The van der Waals surface area contributed by atoms with Crippen molar-refractivity contribution in [3.05, 3.63) is 39.1 Å². The number of nitrogens with one attached hydrogen (secondary N) is 1. The van der Waals surface area contributed by atoms with E-state index < -0.39 is 5.91 Å². The minimum Gasteiger partial charge on any atom is -0.507 e. The van der Waals surface area contributed by atoms with Gasteiger partial charge in [-0.15, -0.1) is 0 Å². The molecular formula is C12H9IN4O2. The lowest BCUT2D eigenvalue weighted by atomic mass is 10.2. The van der Waals surface area contributed by atoms with Crippen molar-refractivity contribution in [3.63, 3.8) is 0 Å². The maximum Gasteiger partial charge on any atom is 0.257 e. The zero-order chi connectivity index (χ0) is 14.0. The molecule has 19 heavy (non-hydrogen) atoms. The molecule has 0 spiro atoms. The van der Waals surface area contributed by atoms with Gasteiger partial charge in [-0.05, 0) is 40.8 Å². The average Bonchev–Trinajstić information content (AvgIpc) is 2.72. The van der Waals surface area contributed by atoms with E-state index in [1.165, 1.54) is 16.9 Å². The lowest BCUT2D eigenvalue weighted by molar-refractivity contribution is 0.102. The second-order valence-electron chi connectivity index (χ2n) is 3.80. The molecule has 0 atom stereocenters. The van der Waals surface area contributed by atoms with E-state index in [9.17, 15) is 9.90 Å². The highest BCUT2D eigenvalue weighted by Gasteiger charge is 2.13. The van der Waals surface area contributed by atoms with Crippen LogP contribution in [0.4, 0.5) is 5.82 Å². The van der Waals surface area contributed by atoms with Crippen LogP contribution in [0.15, 0.2) is 24.4 Å². The fourth-order valence-electron chi connectivity index (χ4n) is 1.50. The number of hydrogen-bond donors (Lipinski definition) is 2. The number of aryl methyl sites for hydroxylation is 1. The predicted octanol–water partition coefficient (Wildman–Crippen LogP) is 1.85.